The highest BCUT2D eigenvalue weighted by Gasteiger charge is 2.13. The smallest absolute Gasteiger partial charge is 0.244 e. The van der Waals surface area contributed by atoms with Gasteiger partial charge in [0.05, 0.1) is 24.0 Å². The highest BCUT2D eigenvalue weighted by molar-refractivity contribution is 6.31. The fourth-order valence-electron chi connectivity index (χ4n) is 3.38. The van der Waals surface area contributed by atoms with Crippen LogP contribution in [-0.4, -0.2) is 30.5 Å². The largest absolute Gasteiger partial charge is 0.346 e. The summed E-state index contributed by atoms with van der Waals surface area (Å²) < 4.78 is 3.42. The predicted octanol–water partition coefficient (Wildman–Crippen LogP) is 4.36. The van der Waals surface area contributed by atoms with Crippen molar-refractivity contribution in [3.05, 3.63) is 101 Å². The molecule has 0 aliphatic carbocycles. The van der Waals surface area contributed by atoms with Crippen LogP contribution >= 0.6 is 11.6 Å². The lowest BCUT2D eigenvalue weighted by molar-refractivity contribution is -0.117. The van der Waals surface area contributed by atoms with Gasteiger partial charge in [0.25, 0.3) is 0 Å². The first kappa shape index (κ1) is 21.5. The molecule has 8 heteroatoms. The number of carbonyl (C=O) groups is 1. The quantitative estimate of drug-likeness (QED) is 0.428. The van der Waals surface area contributed by atoms with Gasteiger partial charge in [0, 0.05) is 11.6 Å². The fourth-order valence-corrected chi connectivity index (χ4v) is 3.68. The number of benzene rings is 2. The van der Waals surface area contributed by atoms with E-state index in [1.165, 1.54) is 12.4 Å². The summed E-state index contributed by atoms with van der Waals surface area (Å²) in [6, 6.07) is 17.6. The van der Waals surface area contributed by atoms with Crippen LogP contribution < -0.4 is 5.32 Å². The third-order valence-electron chi connectivity index (χ3n) is 5.12. The molecule has 0 saturated carbocycles. The van der Waals surface area contributed by atoms with Gasteiger partial charge in [-0.2, -0.15) is 10.2 Å². The van der Waals surface area contributed by atoms with Crippen LogP contribution in [0.15, 0.2) is 73.3 Å². The number of carbonyl (C=O) groups excluding carboxylic acids is 1. The molecule has 1 atom stereocenters. The standard InChI is InChI=1S/C24H23ClN6O/c1-17(20-8-10-21(11-9-20)31-16-26-15-27-31)28-23(32)13-12-22-18(2)29-30(24(22)25)14-19-6-4-3-5-7-19/h3-13,15-17H,14H2,1-2H3,(H,28,32)/b13-12+. The third-order valence-corrected chi connectivity index (χ3v) is 5.52. The van der Waals surface area contributed by atoms with Crippen LogP contribution in [0.3, 0.4) is 0 Å². The average Bonchev–Trinajstić information content (AvgIpc) is 3.42. The molecule has 1 amide bonds. The van der Waals surface area contributed by atoms with Gasteiger partial charge in [0.15, 0.2) is 0 Å². The van der Waals surface area contributed by atoms with Gasteiger partial charge in [0.2, 0.25) is 5.91 Å². The number of aromatic nitrogens is 5. The number of rotatable bonds is 7. The molecule has 1 unspecified atom stereocenters. The van der Waals surface area contributed by atoms with Crippen LogP contribution in [0, 0.1) is 6.92 Å². The Morgan fingerprint density at radius 2 is 1.91 bits per heavy atom. The van der Waals surface area contributed by atoms with Crippen molar-refractivity contribution in [3.63, 3.8) is 0 Å². The second-order valence-electron chi connectivity index (χ2n) is 7.43. The number of aryl methyl sites for hydroxylation is 1. The first-order chi connectivity index (χ1) is 15.5. The molecule has 32 heavy (non-hydrogen) atoms. The molecule has 7 nitrogen and oxygen atoms in total. The van der Waals surface area contributed by atoms with E-state index in [0.717, 1.165) is 28.1 Å². The summed E-state index contributed by atoms with van der Waals surface area (Å²) in [5.41, 5.74) is 4.51. The highest BCUT2D eigenvalue weighted by Crippen LogP contribution is 2.22. The van der Waals surface area contributed by atoms with Crippen molar-refractivity contribution >= 4 is 23.6 Å². The topological polar surface area (TPSA) is 77.6 Å². The number of hydrogen-bond acceptors (Lipinski definition) is 4. The molecule has 162 valence electrons. The lowest BCUT2D eigenvalue weighted by Gasteiger charge is -2.13. The molecule has 4 rings (SSSR count). The molecule has 2 aromatic carbocycles. The SMILES string of the molecule is Cc1nn(Cc2ccccc2)c(Cl)c1/C=C/C(=O)NC(C)c1ccc(-n2cncn2)cc1. The van der Waals surface area contributed by atoms with Crippen LogP contribution in [0.2, 0.25) is 5.15 Å². The maximum atomic E-state index is 12.5. The van der Waals surface area contributed by atoms with Crippen molar-refractivity contribution in [3.8, 4) is 5.69 Å². The zero-order valence-electron chi connectivity index (χ0n) is 17.8. The van der Waals surface area contributed by atoms with E-state index in [1.54, 1.807) is 21.8 Å². The Morgan fingerprint density at radius 1 is 1.16 bits per heavy atom. The second kappa shape index (κ2) is 9.62. The maximum absolute atomic E-state index is 12.5. The molecule has 4 aromatic rings. The molecule has 0 saturated heterocycles. The monoisotopic (exact) mass is 446 g/mol. The van der Waals surface area contributed by atoms with Crippen molar-refractivity contribution in [1.29, 1.82) is 0 Å². The summed E-state index contributed by atoms with van der Waals surface area (Å²) in [7, 11) is 0. The van der Waals surface area contributed by atoms with E-state index in [1.807, 2.05) is 68.4 Å². The van der Waals surface area contributed by atoms with Gasteiger partial charge in [-0.15, -0.1) is 0 Å². The van der Waals surface area contributed by atoms with Gasteiger partial charge in [-0.1, -0.05) is 54.1 Å². The number of halogens is 1. The summed E-state index contributed by atoms with van der Waals surface area (Å²) in [6.45, 7) is 4.39. The zero-order valence-corrected chi connectivity index (χ0v) is 18.6. The highest BCUT2D eigenvalue weighted by atomic mass is 35.5. The summed E-state index contributed by atoms with van der Waals surface area (Å²) >= 11 is 6.53. The summed E-state index contributed by atoms with van der Waals surface area (Å²) in [5, 5.41) is 12.1. The molecule has 0 fully saturated rings. The van der Waals surface area contributed by atoms with Crippen LogP contribution in [0.5, 0.6) is 0 Å². The van der Waals surface area contributed by atoms with Gasteiger partial charge < -0.3 is 5.32 Å². The Hall–Kier alpha value is -3.71. The molecular weight excluding hydrogens is 424 g/mol. The van der Waals surface area contributed by atoms with Crippen LogP contribution in [0.25, 0.3) is 11.8 Å². The lowest BCUT2D eigenvalue weighted by atomic mass is 10.1. The molecule has 0 aliphatic rings. The van der Waals surface area contributed by atoms with Gasteiger partial charge >= 0.3 is 0 Å². The first-order valence-electron chi connectivity index (χ1n) is 10.2. The van der Waals surface area contributed by atoms with Gasteiger partial charge in [-0.05, 0) is 43.2 Å². The van der Waals surface area contributed by atoms with E-state index in [-0.39, 0.29) is 11.9 Å². The van der Waals surface area contributed by atoms with E-state index in [9.17, 15) is 4.79 Å². The van der Waals surface area contributed by atoms with E-state index in [0.29, 0.717) is 11.7 Å². The van der Waals surface area contributed by atoms with Crippen LogP contribution in [-0.2, 0) is 11.3 Å². The normalized spacial score (nSPS) is 12.2. The molecule has 2 aromatic heterocycles. The number of hydrogen-bond donors (Lipinski definition) is 1. The van der Waals surface area contributed by atoms with Gasteiger partial charge in [0.1, 0.15) is 17.8 Å². The minimum Gasteiger partial charge on any atom is -0.346 e. The summed E-state index contributed by atoms with van der Waals surface area (Å²) in [4.78, 5) is 16.4. The Kier molecular flexibility index (Phi) is 6.47. The van der Waals surface area contributed by atoms with Crippen molar-refractivity contribution in [2.24, 2.45) is 0 Å². The molecular formula is C24H23ClN6O. The first-order valence-corrected chi connectivity index (χ1v) is 10.6. The average molecular weight is 447 g/mol. The van der Waals surface area contributed by atoms with Gasteiger partial charge in [-0.25, -0.2) is 14.3 Å². The molecule has 0 spiro atoms. The van der Waals surface area contributed by atoms with E-state index in [4.69, 9.17) is 11.6 Å². The Bertz CT molecular complexity index is 1210. The van der Waals surface area contributed by atoms with Crippen molar-refractivity contribution in [2.45, 2.75) is 26.4 Å². The summed E-state index contributed by atoms with van der Waals surface area (Å²) in [6.07, 6.45) is 6.33. The molecule has 0 radical (unpaired) electrons. The number of nitrogens with zero attached hydrogens (tertiary/aromatic N) is 5. The zero-order chi connectivity index (χ0) is 22.5. The molecule has 1 N–H and O–H groups in total. The van der Waals surface area contributed by atoms with Crippen molar-refractivity contribution < 1.29 is 4.79 Å². The predicted molar refractivity (Wildman–Crippen MR) is 124 cm³/mol. The van der Waals surface area contributed by atoms with Gasteiger partial charge in [-0.3, -0.25) is 4.79 Å². The fraction of sp³-hybridized carbons (Fsp3) is 0.167. The van der Waals surface area contributed by atoms with E-state index < -0.39 is 0 Å². The third kappa shape index (κ3) is 4.95. The Morgan fingerprint density at radius 3 is 2.59 bits per heavy atom. The molecule has 2 heterocycles. The van der Waals surface area contributed by atoms with E-state index >= 15 is 0 Å². The minimum atomic E-state index is -0.205. The van der Waals surface area contributed by atoms with Crippen molar-refractivity contribution in [2.75, 3.05) is 0 Å². The minimum absolute atomic E-state index is 0.158. The lowest BCUT2D eigenvalue weighted by Crippen LogP contribution is -2.24. The molecule has 0 bridgehead atoms. The van der Waals surface area contributed by atoms with Crippen molar-refractivity contribution in [1.82, 2.24) is 29.9 Å². The number of amides is 1. The van der Waals surface area contributed by atoms with Crippen LogP contribution in [0.1, 0.15) is 35.3 Å². The maximum Gasteiger partial charge on any atom is 0.244 e. The number of nitrogens with one attached hydrogen (secondary N) is 1. The molecule has 0 aliphatic heterocycles. The summed E-state index contributed by atoms with van der Waals surface area (Å²) in [5.74, 6) is -0.205. The second-order valence-corrected chi connectivity index (χ2v) is 7.79. The Balaban J connectivity index is 1.40. The van der Waals surface area contributed by atoms with Crippen LogP contribution in [0.4, 0.5) is 0 Å². The Labute approximate surface area is 191 Å². The van der Waals surface area contributed by atoms with E-state index in [2.05, 4.69) is 20.5 Å².